The maximum atomic E-state index is 10.9. The van der Waals surface area contributed by atoms with Crippen LogP contribution < -0.4 is 15.5 Å². The van der Waals surface area contributed by atoms with Gasteiger partial charge in [-0.3, -0.25) is 4.79 Å². The normalized spacial score (nSPS) is 14.9. The molecular formula is C10H13N5O2S. The van der Waals surface area contributed by atoms with Crippen molar-refractivity contribution in [2.24, 2.45) is 0 Å². The number of rotatable bonds is 6. The summed E-state index contributed by atoms with van der Waals surface area (Å²) in [4.78, 5) is 13.6. The number of anilines is 1. The van der Waals surface area contributed by atoms with Crippen molar-refractivity contribution < 1.29 is 4.42 Å². The van der Waals surface area contributed by atoms with Crippen LogP contribution in [0.1, 0.15) is 24.4 Å². The highest BCUT2D eigenvalue weighted by atomic mass is 32.1. The maximum absolute atomic E-state index is 10.9. The molecule has 0 radical (unpaired) electrons. The van der Waals surface area contributed by atoms with Crippen molar-refractivity contribution in [3.63, 3.8) is 0 Å². The molecule has 3 rings (SSSR count). The number of nitrogens with zero attached hydrogens (tertiary/aromatic N) is 2. The number of nitrogens with one attached hydrogen (secondary N) is 3. The minimum absolute atomic E-state index is 0.0633. The van der Waals surface area contributed by atoms with Gasteiger partial charge in [0, 0.05) is 17.1 Å². The predicted molar refractivity (Wildman–Crippen MR) is 66.4 cm³/mol. The highest BCUT2D eigenvalue weighted by molar-refractivity contribution is 7.07. The topological polar surface area (TPSA) is 95.8 Å². The molecule has 0 bridgehead atoms. The fourth-order valence-electron chi connectivity index (χ4n) is 1.49. The van der Waals surface area contributed by atoms with E-state index in [-0.39, 0.29) is 4.87 Å². The van der Waals surface area contributed by atoms with Gasteiger partial charge in [0.2, 0.25) is 5.89 Å². The lowest BCUT2D eigenvalue weighted by atomic mass is 10.5. The van der Waals surface area contributed by atoms with E-state index in [2.05, 4.69) is 25.8 Å². The first-order valence-electron chi connectivity index (χ1n) is 5.76. The zero-order chi connectivity index (χ0) is 12.4. The average molecular weight is 267 g/mol. The van der Waals surface area contributed by atoms with Crippen LogP contribution in [0.2, 0.25) is 0 Å². The summed E-state index contributed by atoms with van der Waals surface area (Å²) in [5.74, 6) is 0.572. The Bertz CT molecular complexity index is 571. The van der Waals surface area contributed by atoms with Crippen LogP contribution in [-0.4, -0.2) is 21.2 Å². The Morgan fingerprint density at radius 2 is 2.33 bits per heavy atom. The quantitative estimate of drug-likeness (QED) is 0.712. The monoisotopic (exact) mass is 267 g/mol. The first-order chi connectivity index (χ1) is 8.79. The third-order valence-corrected chi connectivity index (χ3v) is 3.31. The van der Waals surface area contributed by atoms with E-state index in [4.69, 9.17) is 4.42 Å². The van der Waals surface area contributed by atoms with E-state index in [9.17, 15) is 4.79 Å². The molecule has 18 heavy (non-hydrogen) atoms. The van der Waals surface area contributed by atoms with Crippen LogP contribution in [0, 0.1) is 0 Å². The Labute approximate surface area is 107 Å². The van der Waals surface area contributed by atoms with Gasteiger partial charge in [-0.1, -0.05) is 16.4 Å². The predicted octanol–water partition coefficient (Wildman–Crippen LogP) is 0.683. The van der Waals surface area contributed by atoms with Crippen molar-refractivity contribution >= 4 is 17.4 Å². The summed E-state index contributed by atoms with van der Waals surface area (Å²) in [5, 5.41) is 15.8. The van der Waals surface area contributed by atoms with E-state index in [0.29, 0.717) is 31.0 Å². The highest BCUT2D eigenvalue weighted by Crippen LogP contribution is 2.19. The van der Waals surface area contributed by atoms with Gasteiger partial charge in [-0.05, 0) is 12.8 Å². The van der Waals surface area contributed by atoms with Crippen molar-refractivity contribution in [3.05, 3.63) is 26.6 Å². The number of H-pyrrole nitrogens is 1. The number of aromatic amines is 1. The minimum atomic E-state index is -0.0633. The fraction of sp³-hybridized carbons (Fsp3) is 0.500. The zero-order valence-electron chi connectivity index (χ0n) is 9.60. The lowest BCUT2D eigenvalue weighted by molar-refractivity contribution is 0.475. The smallest absolute Gasteiger partial charge is 0.315 e. The van der Waals surface area contributed by atoms with E-state index < -0.39 is 0 Å². The minimum Gasteiger partial charge on any atom is -0.407 e. The molecule has 2 heterocycles. The van der Waals surface area contributed by atoms with Crippen LogP contribution in [0.3, 0.4) is 0 Å². The van der Waals surface area contributed by atoms with Gasteiger partial charge in [0.1, 0.15) is 0 Å². The van der Waals surface area contributed by atoms with Crippen molar-refractivity contribution in [2.75, 3.05) is 5.32 Å². The molecule has 0 amide bonds. The first kappa shape index (κ1) is 11.4. The summed E-state index contributed by atoms with van der Waals surface area (Å²) in [6, 6.07) is 0.985. The second-order valence-corrected chi connectivity index (χ2v) is 5.03. The van der Waals surface area contributed by atoms with Crippen LogP contribution in [0.25, 0.3) is 0 Å². The highest BCUT2D eigenvalue weighted by Gasteiger charge is 2.21. The van der Waals surface area contributed by atoms with Gasteiger partial charge >= 0.3 is 10.9 Å². The average Bonchev–Trinajstić information content (AvgIpc) is 2.93. The molecule has 3 N–H and O–H groups in total. The molecule has 8 heteroatoms. The molecule has 1 fully saturated rings. The molecule has 2 aromatic rings. The van der Waals surface area contributed by atoms with E-state index in [1.54, 1.807) is 5.38 Å². The van der Waals surface area contributed by atoms with Crippen molar-refractivity contribution in [1.29, 1.82) is 0 Å². The van der Waals surface area contributed by atoms with Crippen LogP contribution in [0.4, 0.5) is 6.01 Å². The molecule has 2 aromatic heterocycles. The summed E-state index contributed by atoms with van der Waals surface area (Å²) in [7, 11) is 0. The van der Waals surface area contributed by atoms with Crippen LogP contribution in [0.5, 0.6) is 0 Å². The van der Waals surface area contributed by atoms with E-state index in [1.165, 1.54) is 12.8 Å². The van der Waals surface area contributed by atoms with Crippen LogP contribution in [-0.2, 0) is 13.1 Å². The van der Waals surface area contributed by atoms with Crippen molar-refractivity contribution in [3.8, 4) is 0 Å². The third-order valence-electron chi connectivity index (χ3n) is 2.59. The summed E-state index contributed by atoms with van der Waals surface area (Å²) in [6.45, 7) is 1.07. The van der Waals surface area contributed by atoms with Gasteiger partial charge < -0.3 is 20.0 Å². The van der Waals surface area contributed by atoms with E-state index in [1.807, 2.05) is 0 Å². The summed E-state index contributed by atoms with van der Waals surface area (Å²) < 4.78 is 5.41. The van der Waals surface area contributed by atoms with E-state index in [0.717, 1.165) is 17.0 Å². The first-order valence-corrected chi connectivity index (χ1v) is 6.64. The second kappa shape index (κ2) is 4.91. The Kier molecular flexibility index (Phi) is 3.11. The number of hydrogen-bond donors (Lipinski definition) is 3. The Morgan fingerprint density at radius 1 is 1.44 bits per heavy atom. The molecule has 0 spiro atoms. The van der Waals surface area contributed by atoms with Crippen molar-refractivity contribution in [1.82, 2.24) is 20.5 Å². The zero-order valence-corrected chi connectivity index (χ0v) is 10.4. The number of hydrogen-bond acceptors (Lipinski definition) is 7. The number of thiazole rings is 1. The molecular weight excluding hydrogens is 254 g/mol. The SMILES string of the molecule is O=c1[nH]c(CNc2nnc(CNC3CC3)o2)cs1. The standard InChI is InChI=1S/C10H13N5O2S/c16-10-13-7(5-18-10)3-12-9-15-14-8(17-9)4-11-6-1-2-6/h5-6,11H,1-4H2,(H,12,15)(H,13,16). The molecule has 0 aliphatic heterocycles. The van der Waals surface area contributed by atoms with Gasteiger partial charge in [-0.15, -0.1) is 5.10 Å². The molecule has 0 unspecified atom stereocenters. The Hall–Kier alpha value is -1.67. The molecule has 0 saturated heterocycles. The van der Waals surface area contributed by atoms with Gasteiger partial charge in [0.15, 0.2) is 0 Å². The number of aromatic nitrogens is 3. The molecule has 0 aromatic carbocycles. The third kappa shape index (κ3) is 2.96. The maximum Gasteiger partial charge on any atom is 0.315 e. The summed E-state index contributed by atoms with van der Waals surface area (Å²) in [6.07, 6.45) is 2.45. The van der Waals surface area contributed by atoms with Gasteiger partial charge in [0.25, 0.3) is 0 Å². The largest absolute Gasteiger partial charge is 0.407 e. The molecule has 96 valence electrons. The second-order valence-electron chi connectivity index (χ2n) is 4.18. The lowest BCUT2D eigenvalue weighted by Crippen LogP contribution is -2.15. The molecule has 1 aliphatic carbocycles. The lowest BCUT2D eigenvalue weighted by Gasteiger charge is -1.98. The molecule has 1 saturated carbocycles. The van der Waals surface area contributed by atoms with Crippen molar-refractivity contribution in [2.45, 2.75) is 32.0 Å². The summed E-state index contributed by atoms with van der Waals surface area (Å²) >= 11 is 1.14. The Balaban J connectivity index is 1.51. The van der Waals surface area contributed by atoms with Crippen LogP contribution in [0.15, 0.2) is 14.6 Å². The molecule has 1 aliphatic rings. The van der Waals surface area contributed by atoms with Gasteiger partial charge in [0.05, 0.1) is 13.1 Å². The van der Waals surface area contributed by atoms with E-state index >= 15 is 0 Å². The fourth-order valence-corrected chi connectivity index (χ4v) is 2.07. The molecule has 7 nitrogen and oxygen atoms in total. The molecule has 0 atom stereocenters. The summed E-state index contributed by atoms with van der Waals surface area (Å²) in [5.41, 5.74) is 0.806. The van der Waals surface area contributed by atoms with Gasteiger partial charge in [-0.25, -0.2) is 0 Å². The van der Waals surface area contributed by atoms with Gasteiger partial charge in [-0.2, -0.15) is 0 Å². The van der Waals surface area contributed by atoms with Crippen LogP contribution >= 0.6 is 11.3 Å². The Morgan fingerprint density at radius 3 is 3.06 bits per heavy atom.